The number of aliphatic carboxylic acids is 1. The number of aliphatic hydroxyl groups excluding tert-OH is 1. The van der Waals surface area contributed by atoms with Crippen LogP contribution in [0.4, 0.5) is 4.39 Å². The molecule has 1 heterocycles. The minimum atomic E-state index is -2.16. The summed E-state index contributed by atoms with van der Waals surface area (Å²) in [5, 5.41) is 18.4. The number of hydrogen-bond acceptors (Lipinski definition) is 5. The molecule has 8 heteroatoms. The van der Waals surface area contributed by atoms with Crippen molar-refractivity contribution in [2.45, 2.75) is 45.1 Å². The van der Waals surface area contributed by atoms with E-state index in [-0.39, 0.29) is 24.5 Å². The van der Waals surface area contributed by atoms with Crippen LogP contribution in [0.15, 0.2) is 60.7 Å². The smallest absolute Gasteiger partial charge is 0.481 e. The fourth-order valence-electron chi connectivity index (χ4n) is 3.88. The van der Waals surface area contributed by atoms with Gasteiger partial charge in [0.1, 0.15) is 18.5 Å². The highest BCUT2D eigenvalue weighted by Crippen LogP contribution is 2.34. The zero-order chi connectivity index (χ0) is 25.4. The number of carboxylic acids is 1. The molecule has 1 aromatic heterocycles. The Bertz CT molecular complexity index is 1150. The molecule has 1 unspecified atom stereocenters. The molecular formula is C27H30FNO5P+. The maximum Gasteiger partial charge on any atom is 0.510 e. The maximum atomic E-state index is 13.6. The number of carbonyl (C=O) groups is 1. The van der Waals surface area contributed by atoms with Crippen LogP contribution >= 0.6 is 8.03 Å². The number of nitrogens with zero attached hydrogens (tertiary/aromatic N) is 1. The zero-order valence-corrected chi connectivity index (χ0v) is 20.7. The van der Waals surface area contributed by atoms with Gasteiger partial charge in [-0.1, -0.05) is 56.3 Å². The summed E-state index contributed by atoms with van der Waals surface area (Å²) >= 11 is 0. The van der Waals surface area contributed by atoms with Gasteiger partial charge in [0, 0.05) is 11.3 Å². The highest BCUT2D eigenvalue weighted by molar-refractivity contribution is 7.39. The fourth-order valence-corrected chi connectivity index (χ4v) is 4.79. The molecule has 2 atom stereocenters. The van der Waals surface area contributed by atoms with Gasteiger partial charge in [0.25, 0.3) is 0 Å². The van der Waals surface area contributed by atoms with E-state index in [4.69, 9.17) is 14.6 Å². The van der Waals surface area contributed by atoms with Gasteiger partial charge in [-0.25, -0.2) is 4.39 Å². The van der Waals surface area contributed by atoms with Gasteiger partial charge < -0.3 is 10.2 Å². The Morgan fingerprint density at radius 2 is 1.77 bits per heavy atom. The summed E-state index contributed by atoms with van der Waals surface area (Å²) in [6.45, 7) is 4.34. The summed E-state index contributed by atoms with van der Waals surface area (Å²) in [7, 11) is -2.16. The van der Waals surface area contributed by atoms with Gasteiger partial charge in [-0.2, -0.15) is 0 Å². The molecule has 184 valence electrons. The van der Waals surface area contributed by atoms with E-state index in [0.29, 0.717) is 12.8 Å². The lowest BCUT2D eigenvalue weighted by Crippen LogP contribution is -2.15. The molecule has 3 aromatic rings. The second kappa shape index (κ2) is 12.6. The number of hydrogen-bond donors (Lipinski definition) is 2. The third-order valence-corrected chi connectivity index (χ3v) is 6.69. The predicted molar refractivity (Wildman–Crippen MR) is 134 cm³/mol. The maximum absolute atomic E-state index is 13.6. The van der Waals surface area contributed by atoms with Crippen LogP contribution < -0.4 is 0 Å². The van der Waals surface area contributed by atoms with E-state index in [1.807, 2.05) is 36.4 Å². The van der Waals surface area contributed by atoms with Crippen molar-refractivity contribution in [3.63, 3.8) is 0 Å². The van der Waals surface area contributed by atoms with Gasteiger partial charge in [0.15, 0.2) is 0 Å². The van der Waals surface area contributed by atoms with E-state index in [1.54, 1.807) is 12.1 Å². The van der Waals surface area contributed by atoms with Crippen molar-refractivity contribution in [2.24, 2.45) is 0 Å². The minimum Gasteiger partial charge on any atom is -0.481 e. The average molecular weight is 499 g/mol. The van der Waals surface area contributed by atoms with Crippen molar-refractivity contribution in [3.8, 4) is 22.4 Å². The number of halogens is 1. The van der Waals surface area contributed by atoms with E-state index < -0.39 is 26.5 Å². The quantitative estimate of drug-likeness (QED) is 0.228. The number of rotatable bonds is 12. The Hall–Kier alpha value is -2.99. The van der Waals surface area contributed by atoms with Gasteiger partial charge in [0.05, 0.1) is 12.1 Å². The lowest BCUT2D eigenvalue weighted by Gasteiger charge is -2.19. The van der Waals surface area contributed by atoms with E-state index in [1.165, 1.54) is 12.1 Å². The first kappa shape index (κ1) is 26.6. The Morgan fingerprint density at radius 1 is 1.09 bits per heavy atom. The largest absolute Gasteiger partial charge is 0.510 e. The van der Waals surface area contributed by atoms with Gasteiger partial charge in [-0.05, 0) is 58.2 Å². The lowest BCUT2D eigenvalue weighted by molar-refractivity contribution is -0.138. The van der Waals surface area contributed by atoms with Crippen LogP contribution in [0.2, 0.25) is 0 Å². The summed E-state index contributed by atoms with van der Waals surface area (Å²) in [5.41, 5.74) is 5.63. The molecule has 35 heavy (non-hydrogen) atoms. The molecule has 6 nitrogen and oxygen atoms in total. The highest BCUT2D eigenvalue weighted by Gasteiger charge is 2.25. The third kappa shape index (κ3) is 7.76. The highest BCUT2D eigenvalue weighted by atomic mass is 31.1. The van der Waals surface area contributed by atoms with E-state index in [2.05, 4.69) is 13.8 Å². The van der Waals surface area contributed by atoms with Gasteiger partial charge in [0.2, 0.25) is 6.16 Å². The van der Waals surface area contributed by atoms with Crippen LogP contribution in [-0.2, 0) is 20.3 Å². The lowest BCUT2D eigenvalue weighted by atomic mass is 9.90. The predicted octanol–water partition coefficient (Wildman–Crippen LogP) is 6.21. The number of pyridine rings is 1. The molecule has 3 rings (SSSR count). The van der Waals surface area contributed by atoms with Crippen LogP contribution in [-0.4, -0.2) is 40.0 Å². The van der Waals surface area contributed by atoms with Crippen molar-refractivity contribution < 1.29 is 28.5 Å². The molecule has 0 saturated carbocycles. The van der Waals surface area contributed by atoms with Gasteiger partial charge in [-0.3, -0.25) is 9.78 Å². The van der Waals surface area contributed by atoms with E-state index in [9.17, 15) is 18.9 Å². The Kier molecular flexibility index (Phi) is 9.61. The summed E-state index contributed by atoms with van der Waals surface area (Å²) < 4.78 is 31.1. The SMILES string of the molecule is CC(C)c1nc(-c2ccccc2)cc(-c2ccc(F)cc2)c1CCCO[P+](=O)C[C@@H](O)CC(=O)O. The molecule has 2 N–H and O–H groups in total. The minimum absolute atomic E-state index is 0.136. The molecular weight excluding hydrogens is 468 g/mol. The molecule has 0 aliphatic rings. The first-order valence-corrected chi connectivity index (χ1v) is 12.9. The number of aromatic nitrogens is 1. The molecule has 0 bridgehead atoms. The van der Waals surface area contributed by atoms with Crippen molar-refractivity contribution in [2.75, 3.05) is 12.8 Å². The number of carboxylic acid groups (broad SMARTS) is 1. The van der Waals surface area contributed by atoms with Crippen LogP contribution in [0.3, 0.4) is 0 Å². The second-order valence-electron chi connectivity index (χ2n) is 8.65. The summed E-state index contributed by atoms with van der Waals surface area (Å²) in [5.74, 6) is -1.32. The van der Waals surface area contributed by atoms with Crippen molar-refractivity contribution >= 4 is 14.0 Å². The fraction of sp³-hybridized carbons (Fsp3) is 0.333. The molecule has 0 saturated heterocycles. The van der Waals surface area contributed by atoms with E-state index >= 15 is 0 Å². The topological polar surface area (TPSA) is 96.7 Å². The third-order valence-electron chi connectivity index (χ3n) is 5.50. The van der Waals surface area contributed by atoms with Crippen molar-refractivity contribution in [1.82, 2.24) is 4.98 Å². The van der Waals surface area contributed by atoms with Crippen LogP contribution in [0.5, 0.6) is 0 Å². The number of aliphatic hydroxyl groups is 1. The first-order valence-electron chi connectivity index (χ1n) is 11.6. The standard InChI is InChI=1S/C27H29FNO5P/c1-18(2)27-23(9-6-14-34-35(33)17-22(30)15-26(31)32)24(19-10-12-21(28)13-11-19)16-25(29-27)20-7-4-3-5-8-20/h3-5,7-8,10-13,16,18,22,30H,6,9,14-15,17H2,1-2H3/p+1/t22-/m0/s1. The second-order valence-corrected chi connectivity index (χ2v) is 9.94. The molecule has 0 fully saturated rings. The molecule has 0 spiro atoms. The van der Waals surface area contributed by atoms with Crippen molar-refractivity contribution in [1.29, 1.82) is 0 Å². The van der Waals surface area contributed by atoms with Crippen molar-refractivity contribution in [3.05, 3.63) is 77.7 Å². The summed E-state index contributed by atoms with van der Waals surface area (Å²) in [6.07, 6.45) is -0.738. The zero-order valence-electron chi connectivity index (χ0n) is 19.9. The van der Waals surface area contributed by atoms with Gasteiger partial charge >= 0.3 is 14.0 Å². The molecule has 0 radical (unpaired) electrons. The first-order chi connectivity index (χ1) is 16.7. The summed E-state index contributed by atoms with van der Waals surface area (Å²) in [4.78, 5) is 15.6. The molecule has 2 aromatic carbocycles. The molecule has 0 amide bonds. The monoisotopic (exact) mass is 498 g/mol. The summed E-state index contributed by atoms with van der Waals surface area (Å²) in [6, 6.07) is 18.3. The Labute approximate surface area is 205 Å². The van der Waals surface area contributed by atoms with Crippen LogP contribution in [0.1, 0.15) is 43.9 Å². The van der Waals surface area contributed by atoms with Crippen LogP contribution in [0, 0.1) is 5.82 Å². The molecule has 0 aliphatic carbocycles. The Morgan fingerprint density at radius 3 is 2.40 bits per heavy atom. The van der Waals surface area contributed by atoms with Crippen LogP contribution in [0.25, 0.3) is 22.4 Å². The Balaban J connectivity index is 1.84. The van der Waals surface area contributed by atoms with E-state index in [0.717, 1.165) is 33.6 Å². The normalized spacial score (nSPS) is 12.5. The molecule has 0 aliphatic heterocycles. The average Bonchev–Trinajstić information content (AvgIpc) is 2.82. The van der Waals surface area contributed by atoms with Gasteiger partial charge in [-0.15, -0.1) is 4.52 Å². The number of benzene rings is 2.